The van der Waals surface area contributed by atoms with E-state index in [0.717, 1.165) is 26.1 Å². The van der Waals surface area contributed by atoms with Crippen molar-refractivity contribution in [1.29, 1.82) is 0 Å². The SMILES string of the molecule is CC(=O)Nc1ccc(C(=O)N2C[C@@H]3CN(CC(C)C)CC[C@]3(CO)C2)cc1. The summed E-state index contributed by atoms with van der Waals surface area (Å²) in [7, 11) is 0. The molecule has 2 saturated heterocycles. The van der Waals surface area contributed by atoms with Crippen molar-refractivity contribution >= 4 is 17.5 Å². The van der Waals surface area contributed by atoms with Gasteiger partial charge >= 0.3 is 0 Å². The zero-order valence-corrected chi connectivity index (χ0v) is 16.6. The van der Waals surface area contributed by atoms with E-state index in [1.165, 1.54) is 6.92 Å². The van der Waals surface area contributed by atoms with Crippen molar-refractivity contribution in [3.8, 4) is 0 Å². The molecule has 0 bridgehead atoms. The van der Waals surface area contributed by atoms with Crippen molar-refractivity contribution in [2.75, 3.05) is 44.6 Å². The number of likely N-dealkylation sites (tertiary alicyclic amines) is 2. The molecular weight excluding hydrogens is 342 g/mol. The summed E-state index contributed by atoms with van der Waals surface area (Å²) in [6, 6.07) is 7.02. The number of anilines is 1. The van der Waals surface area contributed by atoms with Crippen LogP contribution in [0.25, 0.3) is 0 Å². The Morgan fingerprint density at radius 3 is 2.56 bits per heavy atom. The molecule has 1 aromatic carbocycles. The highest BCUT2D eigenvalue weighted by Gasteiger charge is 2.50. The number of nitrogens with zero attached hydrogens (tertiary/aromatic N) is 2. The first kappa shape index (κ1) is 19.8. The third-order valence-corrected chi connectivity index (χ3v) is 5.89. The fraction of sp³-hybridized carbons (Fsp3) is 0.619. The molecule has 3 rings (SSSR count). The second-order valence-electron chi connectivity index (χ2n) is 8.57. The minimum atomic E-state index is -0.167. The number of piperidine rings is 1. The monoisotopic (exact) mass is 373 g/mol. The van der Waals surface area contributed by atoms with Crippen LogP contribution < -0.4 is 5.32 Å². The van der Waals surface area contributed by atoms with E-state index < -0.39 is 0 Å². The smallest absolute Gasteiger partial charge is 0.253 e. The Morgan fingerprint density at radius 2 is 1.96 bits per heavy atom. The third kappa shape index (κ3) is 4.33. The fourth-order valence-electron chi connectivity index (χ4n) is 4.53. The lowest BCUT2D eigenvalue weighted by Crippen LogP contribution is -2.49. The van der Waals surface area contributed by atoms with Crippen LogP contribution in [0.15, 0.2) is 24.3 Å². The van der Waals surface area contributed by atoms with E-state index in [4.69, 9.17) is 0 Å². The summed E-state index contributed by atoms with van der Waals surface area (Å²) in [5.41, 5.74) is 1.14. The number of aliphatic hydroxyl groups is 1. The summed E-state index contributed by atoms with van der Waals surface area (Å²) in [5, 5.41) is 12.8. The Hall–Kier alpha value is -1.92. The molecule has 2 aliphatic heterocycles. The van der Waals surface area contributed by atoms with Gasteiger partial charge in [0.25, 0.3) is 5.91 Å². The maximum atomic E-state index is 13.0. The van der Waals surface area contributed by atoms with E-state index in [1.807, 2.05) is 4.90 Å². The van der Waals surface area contributed by atoms with Crippen molar-refractivity contribution in [3.05, 3.63) is 29.8 Å². The molecule has 6 nitrogen and oxygen atoms in total. The van der Waals surface area contributed by atoms with E-state index in [9.17, 15) is 14.7 Å². The number of nitrogens with one attached hydrogen (secondary N) is 1. The van der Waals surface area contributed by atoms with E-state index in [-0.39, 0.29) is 23.8 Å². The van der Waals surface area contributed by atoms with Crippen LogP contribution in [0.3, 0.4) is 0 Å². The molecule has 27 heavy (non-hydrogen) atoms. The highest BCUT2D eigenvalue weighted by Crippen LogP contribution is 2.43. The van der Waals surface area contributed by atoms with Gasteiger partial charge in [-0.1, -0.05) is 13.8 Å². The van der Waals surface area contributed by atoms with Gasteiger partial charge in [0, 0.05) is 49.8 Å². The molecule has 1 aromatic rings. The molecule has 0 aromatic heterocycles. The molecule has 0 aliphatic carbocycles. The topological polar surface area (TPSA) is 72.9 Å². The molecule has 2 aliphatic rings. The predicted molar refractivity (Wildman–Crippen MR) is 106 cm³/mol. The minimum absolute atomic E-state index is 0.00186. The summed E-state index contributed by atoms with van der Waals surface area (Å²) in [6.07, 6.45) is 0.937. The van der Waals surface area contributed by atoms with Gasteiger partial charge in [0.15, 0.2) is 0 Å². The maximum Gasteiger partial charge on any atom is 0.253 e. The van der Waals surface area contributed by atoms with Crippen molar-refractivity contribution in [2.45, 2.75) is 27.2 Å². The van der Waals surface area contributed by atoms with E-state index in [1.54, 1.807) is 24.3 Å². The van der Waals surface area contributed by atoms with Gasteiger partial charge < -0.3 is 20.2 Å². The summed E-state index contributed by atoms with van der Waals surface area (Å²) >= 11 is 0. The molecule has 2 fully saturated rings. The van der Waals surface area contributed by atoms with E-state index in [0.29, 0.717) is 36.2 Å². The second-order valence-corrected chi connectivity index (χ2v) is 8.57. The summed E-state index contributed by atoms with van der Waals surface area (Å²) in [4.78, 5) is 28.5. The van der Waals surface area contributed by atoms with Crippen LogP contribution in [-0.2, 0) is 4.79 Å². The first-order chi connectivity index (χ1) is 12.8. The highest BCUT2D eigenvalue weighted by molar-refractivity contribution is 5.95. The number of aliphatic hydroxyl groups excluding tert-OH is 1. The number of hydrogen-bond donors (Lipinski definition) is 2. The zero-order chi connectivity index (χ0) is 19.6. The Kier molecular flexibility index (Phi) is 5.86. The summed E-state index contributed by atoms with van der Waals surface area (Å²) < 4.78 is 0. The number of carbonyl (C=O) groups is 2. The highest BCUT2D eigenvalue weighted by atomic mass is 16.3. The molecule has 0 unspecified atom stereocenters. The Balaban J connectivity index is 1.69. The Bertz CT molecular complexity index is 688. The van der Waals surface area contributed by atoms with Crippen LogP contribution >= 0.6 is 0 Å². The van der Waals surface area contributed by atoms with Gasteiger partial charge in [-0.05, 0) is 49.1 Å². The zero-order valence-electron chi connectivity index (χ0n) is 16.6. The molecular formula is C21H31N3O3. The van der Waals surface area contributed by atoms with Crippen LogP contribution in [-0.4, -0.2) is 66.1 Å². The number of rotatable bonds is 5. The van der Waals surface area contributed by atoms with Crippen LogP contribution in [0.5, 0.6) is 0 Å². The predicted octanol–water partition coefficient (Wildman–Crippen LogP) is 2.06. The number of fused-ring (bicyclic) bond motifs is 1. The lowest BCUT2D eigenvalue weighted by molar-refractivity contribution is -0.114. The quantitative estimate of drug-likeness (QED) is 0.829. The molecule has 0 spiro atoms. The summed E-state index contributed by atoms with van der Waals surface area (Å²) in [5.74, 6) is 0.807. The van der Waals surface area contributed by atoms with Gasteiger partial charge in [0.2, 0.25) is 5.91 Å². The lowest BCUT2D eigenvalue weighted by atomic mass is 9.73. The van der Waals surface area contributed by atoms with Gasteiger partial charge in [-0.15, -0.1) is 0 Å². The lowest BCUT2D eigenvalue weighted by Gasteiger charge is -2.42. The standard InChI is InChI=1S/C21H31N3O3/c1-15(2)10-23-9-8-21(14-25)13-24(12-18(21)11-23)20(27)17-4-6-19(7-5-17)22-16(3)26/h4-7,15,18,25H,8-14H2,1-3H3,(H,22,26)/t18-,21+/m0/s1. The van der Waals surface area contributed by atoms with Gasteiger partial charge in [-0.2, -0.15) is 0 Å². The van der Waals surface area contributed by atoms with Gasteiger partial charge in [0.1, 0.15) is 0 Å². The minimum Gasteiger partial charge on any atom is -0.396 e. The van der Waals surface area contributed by atoms with Gasteiger partial charge in [-0.3, -0.25) is 9.59 Å². The first-order valence-corrected chi connectivity index (χ1v) is 9.83. The Labute approximate surface area is 161 Å². The average molecular weight is 373 g/mol. The maximum absolute atomic E-state index is 13.0. The fourth-order valence-corrected chi connectivity index (χ4v) is 4.53. The van der Waals surface area contributed by atoms with Crippen LogP contribution in [0.1, 0.15) is 37.6 Å². The van der Waals surface area contributed by atoms with Crippen LogP contribution in [0.4, 0.5) is 5.69 Å². The van der Waals surface area contributed by atoms with E-state index >= 15 is 0 Å². The molecule has 0 saturated carbocycles. The Morgan fingerprint density at radius 1 is 1.26 bits per heavy atom. The van der Waals surface area contributed by atoms with Crippen molar-refractivity contribution in [1.82, 2.24) is 9.80 Å². The van der Waals surface area contributed by atoms with Crippen LogP contribution in [0.2, 0.25) is 0 Å². The third-order valence-electron chi connectivity index (χ3n) is 5.89. The van der Waals surface area contributed by atoms with Crippen molar-refractivity contribution in [2.24, 2.45) is 17.3 Å². The van der Waals surface area contributed by atoms with Gasteiger partial charge in [0.05, 0.1) is 6.61 Å². The molecule has 2 N–H and O–H groups in total. The van der Waals surface area contributed by atoms with Crippen LogP contribution in [0, 0.1) is 17.3 Å². The largest absolute Gasteiger partial charge is 0.396 e. The van der Waals surface area contributed by atoms with Crippen molar-refractivity contribution < 1.29 is 14.7 Å². The second kappa shape index (κ2) is 7.98. The normalized spacial score (nSPS) is 25.5. The first-order valence-electron chi connectivity index (χ1n) is 9.83. The molecule has 2 atom stereocenters. The summed E-state index contributed by atoms with van der Waals surface area (Å²) in [6.45, 7) is 10.4. The molecule has 148 valence electrons. The number of benzene rings is 1. The number of amides is 2. The van der Waals surface area contributed by atoms with E-state index in [2.05, 4.69) is 24.1 Å². The molecule has 0 radical (unpaired) electrons. The number of hydrogen-bond acceptors (Lipinski definition) is 4. The number of carbonyl (C=O) groups excluding carboxylic acids is 2. The molecule has 2 amide bonds. The average Bonchev–Trinajstić information content (AvgIpc) is 3.00. The van der Waals surface area contributed by atoms with Gasteiger partial charge in [-0.25, -0.2) is 0 Å². The molecule has 6 heteroatoms. The van der Waals surface area contributed by atoms with Crippen molar-refractivity contribution in [3.63, 3.8) is 0 Å². The molecule has 2 heterocycles.